The summed E-state index contributed by atoms with van der Waals surface area (Å²) >= 11 is 0. The third-order valence-electron chi connectivity index (χ3n) is 6.45. The molecular formula is C21H30ClN3O3. The van der Waals surface area contributed by atoms with E-state index in [1.165, 1.54) is 11.1 Å². The first-order valence-electron chi connectivity index (χ1n) is 10.2. The number of halogens is 1. The number of urea groups is 1. The number of carboxylic acids is 1. The van der Waals surface area contributed by atoms with Crippen LogP contribution in [-0.2, 0) is 17.8 Å². The number of anilines is 1. The molecule has 2 N–H and O–H groups in total. The first-order valence-corrected chi connectivity index (χ1v) is 10.2. The molecule has 3 aliphatic rings. The van der Waals surface area contributed by atoms with E-state index in [-0.39, 0.29) is 24.9 Å². The Morgan fingerprint density at radius 3 is 2.68 bits per heavy atom. The molecule has 0 aromatic heterocycles. The Morgan fingerprint density at radius 2 is 1.93 bits per heavy atom. The van der Waals surface area contributed by atoms with Gasteiger partial charge in [0.25, 0.3) is 0 Å². The lowest BCUT2D eigenvalue weighted by Gasteiger charge is -2.34. The minimum atomic E-state index is -0.705. The smallest absolute Gasteiger partial charge is 0.324 e. The van der Waals surface area contributed by atoms with Crippen LogP contribution < -0.4 is 10.2 Å². The number of nitrogens with zero attached hydrogens (tertiary/aromatic N) is 2. The molecule has 1 saturated heterocycles. The van der Waals surface area contributed by atoms with E-state index in [9.17, 15) is 9.59 Å². The lowest BCUT2D eigenvalue weighted by Crippen LogP contribution is -2.41. The minimum Gasteiger partial charge on any atom is -0.481 e. The van der Waals surface area contributed by atoms with Crippen LogP contribution in [0.4, 0.5) is 10.5 Å². The molecule has 2 aliphatic heterocycles. The largest absolute Gasteiger partial charge is 0.481 e. The minimum absolute atomic E-state index is 0. The van der Waals surface area contributed by atoms with Crippen molar-refractivity contribution in [1.29, 1.82) is 0 Å². The Morgan fingerprint density at radius 1 is 1.14 bits per heavy atom. The molecule has 28 heavy (non-hydrogen) atoms. The van der Waals surface area contributed by atoms with E-state index in [4.69, 9.17) is 5.11 Å². The number of rotatable bonds is 5. The van der Waals surface area contributed by atoms with Gasteiger partial charge in [-0.25, -0.2) is 4.79 Å². The molecule has 1 saturated carbocycles. The van der Waals surface area contributed by atoms with Gasteiger partial charge in [0.05, 0.1) is 0 Å². The fraction of sp³-hybridized carbons (Fsp3) is 0.619. The summed E-state index contributed by atoms with van der Waals surface area (Å²) in [5.74, 6) is -0.205. The maximum atomic E-state index is 13.0. The summed E-state index contributed by atoms with van der Waals surface area (Å²) in [6.45, 7) is 3.47. The molecule has 0 spiro atoms. The molecule has 1 aromatic carbocycles. The summed E-state index contributed by atoms with van der Waals surface area (Å²) in [4.78, 5) is 27.8. The number of benzene rings is 1. The summed E-state index contributed by atoms with van der Waals surface area (Å²) < 4.78 is 0. The van der Waals surface area contributed by atoms with Crippen LogP contribution in [0.5, 0.6) is 0 Å². The zero-order valence-electron chi connectivity index (χ0n) is 16.2. The van der Waals surface area contributed by atoms with Crippen LogP contribution >= 0.6 is 12.4 Å². The third-order valence-corrected chi connectivity index (χ3v) is 6.45. The van der Waals surface area contributed by atoms with Crippen LogP contribution in [0.2, 0.25) is 0 Å². The van der Waals surface area contributed by atoms with Crippen molar-refractivity contribution in [2.75, 3.05) is 24.5 Å². The maximum absolute atomic E-state index is 13.0. The number of nitrogens with one attached hydrogen (secondary N) is 1. The van der Waals surface area contributed by atoms with E-state index < -0.39 is 5.97 Å². The van der Waals surface area contributed by atoms with Gasteiger partial charge >= 0.3 is 12.0 Å². The quantitative estimate of drug-likeness (QED) is 0.784. The summed E-state index contributed by atoms with van der Waals surface area (Å²) in [7, 11) is 0. The second kappa shape index (κ2) is 9.14. The predicted octanol–water partition coefficient (Wildman–Crippen LogP) is 3.42. The van der Waals surface area contributed by atoms with Crippen LogP contribution in [-0.4, -0.2) is 47.7 Å². The number of fused-ring (bicyclic) bond motifs is 1. The van der Waals surface area contributed by atoms with Gasteiger partial charge in [-0.2, -0.15) is 0 Å². The third kappa shape index (κ3) is 4.44. The number of carbonyl (C=O) groups excluding carboxylic acids is 1. The summed E-state index contributed by atoms with van der Waals surface area (Å²) in [5.41, 5.74) is 3.72. The molecule has 7 heteroatoms. The van der Waals surface area contributed by atoms with E-state index in [0.29, 0.717) is 12.0 Å². The van der Waals surface area contributed by atoms with Crippen molar-refractivity contribution in [3.8, 4) is 0 Å². The highest BCUT2D eigenvalue weighted by molar-refractivity contribution is 5.94. The summed E-state index contributed by atoms with van der Waals surface area (Å²) in [6.07, 6.45) is 6.13. The molecule has 4 rings (SSSR count). The molecule has 0 atom stereocenters. The van der Waals surface area contributed by atoms with Crippen LogP contribution in [0.1, 0.15) is 49.7 Å². The highest BCUT2D eigenvalue weighted by atomic mass is 35.5. The lowest BCUT2D eigenvalue weighted by molar-refractivity contribution is -0.137. The molecule has 2 amide bonds. The molecule has 0 bridgehead atoms. The molecule has 6 nitrogen and oxygen atoms in total. The van der Waals surface area contributed by atoms with Gasteiger partial charge in [-0.15, -0.1) is 12.4 Å². The van der Waals surface area contributed by atoms with Gasteiger partial charge in [0.2, 0.25) is 0 Å². The fourth-order valence-corrected chi connectivity index (χ4v) is 4.84. The first kappa shape index (κ1) is 20.9. The summed E-state index contributed by atoms with van der Waals surface area (Å²) in [5, 5.41) is 12.2. The number of carbonyl (C=O) groups is 2. The summed E-state index contributed by atoms with van der Waals surface area (Å²) in [6, 6.07) is 6.87. The Hall–Kier alpha value is -1.79. The normalized spacial score (nSPS) is 24.6. The molecule has 1 aliphatic carbocycles. The fourth-order valence-electron chi connectivity index (χ4n) is 4.84. The van der Waals surface area contributed by atoms with Gasteiger partial charge < -0.3 is 15.3 Å². The van der Waals surface area contributed by atoms with Crippen molar-refractivity contribution in [3.63, 3.8) is 0 Å². The number of amides is 2. The first-order chi connectivity index (χ1) is 13.1. The molecule has 2 fully saturated rings. The van der Waals surface area contributed by atoms with Crippen LogP contribution in [0.25, 0.3) is 0 Å². The maximum Gasteiger partial charge on any atom is 0.324 e. The zero-order chi connectivity index (χ0) is 18.8. The van der Waals surface area contributed by atoms with E-state index in [1.54, 1.807) is 0 Å². The number of carboxylic acid groups (broad SMARTS) is 1. The molecular weight excluding hydrogens is 378 g/mol. The van der Waals surface area contributed by atoms with Gasteiger partial charge in [0.1, 0.15) is 0 Å². The Balaban J connectivity index is 0.00000225. The average Bonchev–Trinajstić information content (AvgIpc) is 3.08. The lowest BCUT2D eigenvalue weighted by atomic mass is 9.83. The second-order valence-corrected chi connectivity index (χ2v) is 8.11. The molecule has 0 unspecified atom stereocenters. The molecule has 2 heterocycles. The molecule has 0 radical (unpaired) electrons. The monoisotopic (exact) mass is 407 g/mol. The average molecular weight is 408 g/mol. The van der Waals surface area contributed by atoms with Crippen molar-refractivity contribution >= 4 is 30.1 Å². The molecule has 154 valence electrons. The van der Waals surface area contributed by atoms with Crippen molar-refractivity contribution in [3.05, 3.63) is 29.3 Å². The molecule has 1 aromatic rings. The highest BCUT2D eigenvalue weighted by Gasteiger charge is 2.36. The van der Waals surface area contributed by atoms with Gasteiger partial charge in [-0.1, -0.05) is 6.07 Å². The Labute approximate surface area is 172 Å². The Bertz CT molecular complexity index is 719. The zero-order valence-corrected chi connectivity index (χ0v) is 17.0. The van der Waals surface area contributed by atoms with Gasteiger partial charge in [0, 0.05) is 37.8 Å². The number of hydrogen-bond donors (Lipinski definition) is 2. The van der Waals surface area contributed by atoms with E-state index in [2.05, 4.69) is 28.4 Å². The van der Waals surface area contributed by atoms with Crippen LogP contribution in [0, 0.1) is 5.92 Å². The standard InChI is InChI=1S/C21H29N3O3.ClH/c25-20(26)8-3-15-1-5-18(6-2-15)23-11-12-24(21(23)27)19-7-4-17-14-22-10-9-16(17)13-19;/h4,7,13,15,18,22H,1-3,5-6,8-12,14H2,(H,25,26);1H/t15-,18-;. The van der Waals surface area contributed by atoms with Gasteiger partial charge in [-0.3, -0.25) is 9.69 Å². The van der Waals surface area contributed by atoms with Crippen LogP contribution in [0.3, 0.4) is 0 Å². The van der Waals surface area contributed by atoms with E-state index in [0.717, 1.165) is 70.4 Å². The van der Waals surface area contributed by atoms with E-state index in [1.807, 2.05) is 4.90 Å². The SMILES string of the molecule is Cl.O=C(O)CC[C@H]1CC[C@H](N2CCN(c3ccc4c(c3)CCNC4)C2=O)CC1. The van der Waals surface area contributed by atoms with Crippen LogP contribution in [0.15, 0.2) is 18.2 Å². The highest BCUT2D eigenvalue weighted by Crippen LogP contribution is 2.33. The van der Waals surface area contributed by atoms with Crippen molar-refractivity contribution in [2.24, 2.45) is 5.92 Å². The number of hydrogen-bond acceptors (Lipinski definition) is 3. The Kier molecular flexibility index (Phi) is 6.83. The van der Waals surface area contributed by atoms with Crippen molar-refractivity contribution in [2.45, 2.75) is 57.5 Å². The predicted molar refractivity (Wildman–Crippen MR) is 111 cm³/mol. The second-order valence-electron chi connectivity index (χ2n) is 8.11. The van der Waals surface area contributed by atoms with E-state index >= 15 is 0 Å². The van der Waals surface area contributed by atoms with Gasteiger partial charge in [-0.05, 0) is 74.2 Å². The topological polar surface area (TPSA) is 72.9 Å². The number of aliphatic carboxylic acids is 1. The van der Waals surface area contributed by atoms with Crippen molar-refractivity contribution in [1.82, 2.24) is 10.2 Å². The van der Waals surface area contributed by atoms with Crippen molar-refractivity contribution < 1.29 is 14.7 Å². The van der Waals surface area contributed by atoms with Gasteiger partial charge in [0.15, 0.2) is 0 Å².